The van der Waals surface area contributed by atoms with Gasteiger partial charge < -0.3 is 20.4 Å². The molecule has 4 atom stereocenters. The van der Waals surface area contributed by atoms with Gasteiger partial charge in [0.25, 0.3) is 0 Å². The van der Waals surface area contributed by atoms with Gasteiger partial charge in [-0.05, 0) is 206 Å². The molecule has 2 aliphatic carbocycles. The van der Waals surface area contributed by atoms with E-state index in [-0.39, 0.29) is 21.7 Å². The fourth-order valence-electron chi connectivity index (χ4n) is 13.7. The third kappa shape index (κ3) is 7.51. The molecule has 0 bridgehead atoms. The van der Waals surface area contributed by atoms with E-state index in [0.29, 0.717) is 46.7 Å². The Balaban J connectivity index is 1.25. The zero-order chi connectivity index (χ0) is 44.8. The van der Waals surface area contributed by atoms with Gasteiger partial charge in [0, 0.05) is 10.8 Å². The summed E-state index contributed by atoms with van der Waals surface area (Å²) in [6.45, 7) is 22.7. The maximum Gasteiger partial charge on any atom is 0.118 e. The van der Waals surface area contributed by atoms with Crippen LogP contribution in [-0.2, 0) is 21.7 Å². The number of phenolic OH excluding ortho intramolecular Hbond substituents is 4. The van der Waals surface area contributed by atoms with Crippen LogP contribution in [0.4, 0.5) is 0 Å². The number of aryl methyl sites for hydroxylation is 4. The maximum absolute atomic E-state index is 10.6. The first-order chi connectivity index (χ1) is 29.5. The van der Waals surface area contributed by atoms with Crippen molar-refractivity contribution in [2.24, 2.45) is 23.7 Å². The highest BCUT2D eigenvalue weighted by Crippen LogP contribution is 2.59. The van der Waals surface area contributed by atoms with Gasteiger partial charge in [-0.2, -0.15) is 0 Å². The summed E-state index contributed by atoms with van der Waals surface area (Å²) in [6.07, 6.45) is 10.5. The minimum absolute atomic E-state index is 0.0192. The summed E-state index contributed by atoms with van der Waals surface area (Å²) in [5, 5.41) is 42.3. The molecule has 62 heavy (non-hydrogen) atoms. The Hall–Kier alpha value is -4.70. The molecule has 0 heterocycles. The van der Waals surface area contributed by atoms with E-state index in [2.05, 4.69) is 114 Å². The number of benzene rings is 5. The van der Waals surface area contributed by atoms with Crippen LogP contribution in [0.5, 0.6) is 23.0 Å². The molecular formula is C58H74O4. The Morgan fingerprint density at radius 1 is 0.452 bits per heavy atom. The minimum Gasteiger partial charge on any atom is -0.508 e. The van der Waals surface area contributed by atoms with Crippen molar-refractivity contribution in [3.8, 4) is 23.0 Å². The van der Waals surface area contributed by atoms with Crippen molar-refractivity contribution in [3.63, 3.8) is 0 Å². The van der Waals surface area contributed by atoms with Crippen LogP contribution in [0.25, 0.3) is 0 Å². The van der Waals surface area contributed by atoms with Crippen LogP contribution < -0.4 is 0 Å². The van der Waals surface area contributed by atoms with Gasteiger partial charge in [0.1, 0.15) is 23.0 Å². The summed E-state index contributed by atoms with van der Waals surface area (Å²) in [6, 6.07) is 34.7. The van der Waals surface area contributed by atoms with Crippen molar-refractivity contribution in [2.75, 3.05) is 0 Å². The zero-order valence-electron chi connectivity index (χ0n) is 39.4. The van der Waals surface area contributed by atoms with Crippen molar-refractivity contribution in [3.05, 3.63) is 153 Å². The van der Waals surface area contributed by atoms with E-state index < -0.39 is 0 Å². The molecule has 2 aliphatic rings. The lowest BCUT2D eigenvalue weighted by molar-refractivity contribution is 0.0913. The SMILES string of the molecule is CCC(CC)(c1cccc(C(CC)(CC)C2CCC(c3ccc(O)c(C)c3)(c3ccc(O)c(C)c3)CC2C)c1)C1CCC(c2ccc(O)c(C)c2)(c2ccc(O)c(C)c2)CC1C. The minimum atomic E-state index is -0.217. The highest BCUT2D eigenvalue weighted by Gasteiger charge is 2.51. The van der Waals surface area contributed by atoms with E-state index >= 15 is 0 Å². The molecule has 4 heteroatoms. The standard InChI is InChI=1S/C58H74O4/c1-11-55(12-2,49-26-28-57(35-41(49)9,45-18-22-51(59)37(5)30-45)46-19-23-52(60)38(6)31-46)43-16-15-17-44(34-43)56(13-3,14-4)50-27-29-58(36-42(50)10,47-20-24-53(61)39(7)32-47)48-21-25-54(62)40(8)33-48/h15-25,30-34,41-42,49-50,59-62H,11-14,26-29,35-36H2,1-10H3. The number of aromatic hydroxyl groups is 4. The molecule has 5 aromatic rings. The van der Waals surface area contributed by atoms with E-state index in [1.54, 1.807) is 0 Å². The molecule has 0 saturated heterocycles. The lowest BCUT2D eigenvalue weighted by Crippen LogP contribution is -2.47. The number of rotatable bonds is 12. The van der Waals surface area contributed by atoms with Crippen LogP contribution in [0, 0.1) is 51.4 Å². The summed E-state index contributed by atoms with van der Waals surface area (Å²) < 4.78 is 0. The first-order valence-corrected chi connectivity index (χ1v) is 23.9. The molecule has 7 rings (SSSR count). The highest BCUT2D eigenvalue weighted by atomic mass is 16.3. The van der Waals surface area contributed by atoms with E-state index in [1.165, 1.54) is 33.4 Å². The molecule has 4 unspecified atom stereocenters. The van der Waals surface area contributed by atoms with E-state index in [1.807, 2.05) is 52.0 Å². The second-order valence-electron chi connectivity index (χ2n) is 20.1. The predicted octanol–water partition coefficient (Wildman–Crippen LogP) is 14.7. The van der Waals surface area contributed by atoms with Gasteiger partial charge in [-0.3, -0.25) is 0 Å². The van der Waals surface area contributed by atoms with Gasteiger partial charge in [0.15, 0.2) is 0 Å². The van der Waals surface area contributed by atoms with Crippen molar-refractivity contribution >= 4 is 0 Å². The molecule has 0 radical (unpaired) electrons. The number of phenols is 4. The quantitative estimate of drug-likeness (QED) is 0.101. The topological polar surface area (TPSA) is 80.9 Å². The summed E-state index contributed by atoms with van der Waals surface area (Å²) in [5.41, 5.74) is 11.2. The smallest absolute Gasteiger partial charge is 0.118 e. The molecule has 4 N–H and O–H groups in total. The molecular weight excluding hydrogens is 761 g/mol. The first-order valence-electron chi connectivity index (χ1n) is 23.9. The Labute approximate surface area is 373 Å². The lowest BCUT2D eigenvalue weighted by Gasteiger charge is -2.53. The first kappa shape index (κ1) is 45.3. The fourth-order valence-corrected chi connectivity index (χ4v) is 13.7. The molecule has 0 aromatic heterocycles. The molecule has 4 nitrogen and oxygen atoms in total. The molecule has 0 spiro atoms. The van der Waals surface area contributed by atoms with Crippen molar-refractivity contribution in [2.45, 2.75) is 155 Å². The van der Waals surface area contributed by atoms with Crippen molar-refractivity contribution < 1.29 is 20.4 Å². The number of hydrogen-bond donors (Lipinski definition) is 4. The van der Waals surface area contributed by atoms with Gasteiger partial charge in [0.2, 0.25) is 0 Å². The van der Waals surface area contributed by atoms with E-state index in [4.69, 9.17) is 0 Å². The van der Waals surface area contributed by atoms with Crippen LogP contribution in [0.15, 0.2) is 97.1 Å². The molecule has 0 amide bonds. The molecule has 5 aromatic carbocycles. The Kier molecular flexibility index (Phi) is 12.8. The van der Waals surface area contributed by atoms with Crippen LogP contribution in [0.3, 0.4) is 0 Å². The Bertz CT molecular complexity index is 2110. The van der Waals surface area contributed by atoms with Gasteiger partial charge in [0.05, 0.1) is 0 Å². The van der Waals surface area contributed by atoms with Gasteiger partial charge >= 0.3 is 0 Å². The average molecular weight is 835 g/mol. The maximum atomic E-state index is 10.6. The number of hydrogen-bond acceptors (Lipinski definition) is 4. The summed E-state index contributed by atoms with van der Waals surface area (Å²) in [7, 11) is 0. The molecule has 2 fully saturated rings. The monoisotopic (exact) mass is 835 g/mol. The molecule has 0 aliphatic heterocycles. The normalized spacial score (nSPS) is 21.5. The third-order valence-corrected chi connectivity index (χ3v) is 17.4. The molecule has 2 saturated carbocycles. The van der Waals surface area contributed by atoms with Crippen LogP contribution in [0.1, 0.15) is 161 Å². The summed E-state index contributed by atoms with van der Waals surface area (Å²) in [5.74, 6) is 3.17. The van der Waals surface area contributed by atoms with Gasteiger partial charge in [-0.25, -0.2) is 0 Å². The second kappa shape index (κ2) is 17.5. The Morgan fingerprint density at radius 2 is 0.742 bits per heavy atom. The average Bonchev–Trinajstić information content (AvgIpc) is 3.27. The zero-order valence-corrected chi connectivity index (χ0v) is 39.4. The van der Waals surface area contributed by atoms with E-state index in [0.717, 1.165) is 86.5 Å². The lowest BCUT2D eigenvalue weighted by atomic mass is 9.51. The van der Waals surface area contributed by atoms with Gasteiger partial charge in [-0.15, -0.1) is 0 Å². The largest absolute Gasteiger partial charge is 0.508 e. The fraction of sp³-hybridized carbons (Fsp3) is 0.483. The third-order valence-electron chi connectivity index (χ3n) is 17.4. The van der Waals surface area contributed by atoms with Crippen LogP contribution in [-0.4, -0.2) is 20.4 Å². The second-order valence-corrected chi connectivity index (χ2v) is 20.1. The summed E-state index contributed by atoms with van der Waals surface area (Å²) >= 11 is 0. The predicted molar refractivity (Wildman–Crippen MR) is 257 cm³/mol. The highest BCUT2D eigenvalue weighted by molar-refractivity contribution is 5.50. The van der Waals surface area contributed by atoms with E-state index in [9.17, 15) is 20.4 Å². The molecule has 330 valence electrons. The summed E-state index contributed by atoms with van der Waals surface area (Å²) in [4.78, 5) is 0. The van der Waals surface area contributed by atoms with Gasteiger partial charge in [-0.1, -0.05) is 114 Å². The van der Waals surface area contributed by atoms with Crippen LogP contribution in [0.2, 0.25) is 0 Å². The van der Waals surface area contributed by atoms with Crippen molar-refractivity contribution in [1.82, 2.24) is 0 Å². The van der Waals surface area contributed by atoms with Crippen LogP contribution >= 0.6 is 0 Å². The Morgan fingerprint density at radius 3 is 0.984 bits per heavy atom. The van der Waals surface area contributed by atoms with Crippen molar-refractivity contribution in [1.29, 1.82) is 0 Å².